The standard InChI is InChI=1S/C44H59NO16/c1-12-55-39(53)58-32-30-23(4)27(57-37(51)31(48)26(18-22(2)3)45-38(52)61-40(6,7)8)20-44(54,41(30,9)10)35(59-36(50)25-16-14-13-15-17-25)33-42(11,34(32)49)28(47)19-29-43(33,21-56-29)60-24(5)46/h13-18,26-29,31-33,35,47-48,54H,12,19-21H2,1-11H3,(H,45,52)/t26-,27-,28-,29+,31+,32+,33?,35?,42+,43-,44+/m0/s1. The van der Waals surface area contributed by atoms with Crippen LogP contribution in [0.15, 0.2) is 53.1 Å². The average Bonchev–Trinajstić information content (AvgIpc) is 3.14. The van der Waals surface area contributed by atoms with Crippen molar-refractivity contribution in [1.82, 2.24) is 5.32 Å². The summed E-state index contributed by atoms with van der Waals surface area (Å²) in [6.07, 6.45) is -11.6. The molecule has 1 heterocycles. The van der Waals surface area contributed by atoms with Crippen LogP contribution in [0.3, 0.4) is 0 Å². The van der Waals surface area contributed by atoms with Crippen LogP contribution in [0, 0.1) is 16.7 Å². The molecule has 0 radical (unpaired) electrons. The van der Waals surface area contributed by atoms with Gasteiger partial charge < -0.3 is 53.8 Å². The summed E-state index contributed by atoms with van der Waals surface area (Å²) in [6, 6.07) is 6.42. The Labute approximate surface area is 355 Å². The van der Waals surface area contributed by atoms with E-state index in [0.29, 0.717) is 5.57 Å². The summed E-state index contributed by atoms with van der Waals surface area (Å²) >= 11 is 0. The van der Waals surface area contributed by atoms with Crippen molar-refractivity contribution < 1.29 is 77.2 Å². The Balaban J connectivity index is 1.75. The number of rotatable bonds is 10. The number of ether oxygens (including phenoxy) is 7. The number of benzene rings is 1. The fourth-order valence-corrected chi connectivity index (χ4v) is 9.47. The third-order valence-electron chi connectivity index (χ3n) is 12.4. The van der Waals surface area contributed by atoms with Crippen LogP contribution in [0.4, 0.5) is 9.59 Å². The monoisotopic (exact) mass is 857 g/mol. The average molecular weight is 858 g/mol. The molecule has 1 aromatic rings. The van der Waals surface area contributed by atoms with Crippen molar-refractivity contribution in [2.24, 2.45) is 16.7 Å². The number of alkyl carbamates (subject to hydrolysis) is 1. The molecular formula is C44H59NO16. The molecule has 4 N–H and O–H groups in total. The number of ketones is 1. The van der Waals surface area contributed by atoms with Gasteiger partial charge in [-0.3, -0.25) is 9.59 Å². The lowest BCUT2D eigenvalue weighted by Crippen LogP contribution is -2.82. The van der Waals surface area contributed by atoms with Crippen molar-refractivity contribution in [2.45, 2.75) is 148 Å². The van der Waals surface area contributed by atoms with Crippen LogP contribution in [0.2, 0.25) is 0 Å². The predicted molar refractivity (Wildman–Crippen MR) is 214 cm³/mol. The highest BCUT2D eigenvalue weighted by Crippen LogP contribution is 2.64. The number of hydrogen-bond acceptors (Lipinski definition) is 16. The zero-order valence-electron chi connectivity index (χ0n) is 36.6. The summed E-state index contributed by atoms with van der Waals surface area (Å²) < 4.78 is 40.6. The van der Waals surface area contributed by atoms with Gasteiger partial charge in [-0.05, 0) is 78.7 Å². The molecule has 2 saturated carbocycles. The van der Waals surface area contributed by atoms with Crippen LogP contribution in [-0.2, 0) is 47.5 Å². The Morgan fingerprint density at radius 2 is 1.66 bits per heavy atom. The number of amides is 1. The van der Waals surface area contributed by atoms with Crippen molar-refractivity contribution in [1.29, 1.82) is 0 Å². The molecular weight excluding hydrogens is 798 g/mol. The Kier molecular flexibility index (Phi) is 13.3. The number of carbonyl (C=O) groups excluding carboxylic acids is 6. The van der Waals surface area contributed by atoms with Gasteiger partial charge in [-0.15, -0.1) is 0 Å². The number of fused-ring (bicyclic) bond motifs is 5. The maximum atomic E-state index is 15.5. The van der Waals surface area contributed by atoms with Gasteiger partial charge in [0, 0.05) is 25.2 Å². The molecule has 3 fully saturated rings. The molecule has 0 aromatic heterocycles. The Morgan fingerprint density at radius 3 is 2.20 bits per heavy atom. The summed E-state index contributed by atoms with van der Waals surface area (Å²) in [5.74, 6) is -5.53. The van der Waals surface area contributed by atoms with E-state index in [1.54, 1.807) is 52.8 Å². The molecule has 11 atom stereocenters. The lowest BCUT2D eigenvalue weighted by atomic mass is 9.44. The molecule has 2 bridgehead atoms. The van der Waals surface area contributed by atoms with Gasteiger partial charge >= 0.3 is 30.2 Å². The summed E-state index contributed by atoms with van der Waals surface area (Å²) in [4.78, 5) is 82.9. The molecule has 61 heavy (non-hydrogen) atoms. The first-order valence-electron chi connectivity index (χ1n) is 20.3. The minimum Gasteiger partial charge on any atom is -0.456 e. The minimum absolute atomic E-state index is 0.0541. The SMILES string of the molecule is CCOC(=O)O[C@H]1C(=O)[C@@]2(C)C(C(OC(=O)c3ccccc3)[C@]3(O)C[C@H](OC(=O)[C@H](O)[C@H](C=C(C)C)NC(=O)OC(C)(C)C)C(C)=C1C3(C)C)[C@]1(OC(C)=O)CO[C@@H]1C[C@@H]2O. The second-order valence-electron chi connectivity index (χ2n) is 18.2. The van der Waals surface area contributed by atoms with Gasteiger partial charge in [0.1, 0.15) is 29.5 Å². The Bertz CT molecular complexity index is 1970. The lowest BCUT2D eigenvalue weighted by molar-refractivity contribution is -0.346. The number of nitrogens with one attached hydrogen (secondary N) is 1. The molecule has 336 valence electrons. The topological polar surface area (TPSA) is 240 Å². The number of carbonyl (C=O) groups is 6. The van der Waals surface area contributed by atoms with Crippen LogP contribution in [0.1, 0.15) is 99.4 Å². The van der Waals surface area contributed by atoms with Gasteiger partial charge in [0.2, 0.25) is 0 Å². The maximum Gasteiger partial charge on any atom is 0.509 e. The number of aliphatic hydroxyl groups is 3. The summed E-state index contributed by atoms with van der Waals surface area (Å²) in [5.41, 5.74) is -8.25. The third kappa shape index (κ3) is 8.66. The molecule has 1 aromatic carbocycles. The van der Waals surface area contributed by atoms with Crippen molar-refractivity contribution in [2.75, 3.05) is 13.2 Å². The quantitative estimate of drug-likeness (QED) is 0.148. The molecule has 17 nitrogen and oxygen atoms in total. The Hall–Kier alpha value is -4.84. The fourth-order valence-electron chi connectivity index (χ4n) is 9.47. The molecule has 17 heteroatoms. The zero-order valence-corrected chi connectivity index (χ0v) is 36.6. The van der Waals surface area contributed by atoms with Crippen LogP contribution in [-0.4, -0.2) is 124 Å². The molecule has 2 unspecified atom stereocenters. The molecule has 5 rings (SSSR count). The van der Waals surface area contributed by atoms with E-state index in [1.165, 1.54) is 52.8 Å². The normalized spacial score (nSPS) is 32.4. The van der Waals surface area contributed by atoms with Gasteiger partial charge in [0.05, 0.1) is 42.3 Å². The smallest absolute Gasteiger partial charge is 0.456 e. The van der Waals surface area contributed by atoms with Crippen molar-refractivity contribution in [3.05, 3.63) is 58.7 Å². The molecule has 4 aliphatic rings. The van der Waals surface area contributed by atoms with Gasteiger partial charge in [-0.25, -0.2) is 19.2 Å². The highest BCUT2D eigenvalue weighted by molar-refractivity contribution is 5.95. The summed E-state index contributed by atoms with van der Waals surface area (Å²) in [5, 5.41) is 39.7. The van der Waals surface area contributed by atoms with Gasteiger partial charge in [0.15, 0.2) is 23.6 Å². The maximum absolute atomic E-state index is 15.5. The van der Waals surface area contributed by atoms with E-state index < -0.39 is 119 Å². The van der Waals surface area contributed by atoms with E-state index >= 15 is 4.79 Å². The van der Waals surface area contributed by atoms with Gasteiger partial charge in [-0.1, -0.05) is 43.7 Å². The highest BCUT2D eigenvalue weighted by atomic mass is 16.7. The van der Waals surface area contributed by atoms with Crippen LogP contribution in [0.5, 0.6) is 0 Å². The van der Waals surface area contributed by atoms with E-state index in [0.717, 1.165) is 6.92 Å². The first kappa shape index (κ1) is 47.2. The van der Waals surface area contributed by atoms with E-state index in [9.17, 15) is 39.3 Å². The van der Waals surface area contributed by atoms with E-state index in [2.05, 4.69) is 5.32 Å². The first-order valence-corrected chi connectivity index (χ1v) is 20.3. The fraction of sp³-hybridized carbons (Fsp3) is 0.636. The minimum atomic E-state index is -2.43. The highest BCUT2D eigenvalue weighted by Gasteiger charge is 2.78. The second-order valence-corrected chi connectivity index (χ2v) is 18.2. The zero-order chi connectivity index (χ0) is 45.6. The van der Waals surface area contributed by atoms with Crippen molar-refractivity contribution in [3.8, 4) is 0 Å². The molecule has 0 spiro atoms. The van der Waals surface area contributed by atoms with Crippen LogP contribution < -0.4 is 5.32 Å². The number of hydrogen-bond donors (Lipinski definition) is 4. The van der Waals surface area contributed by atoms with E-state index in [1.807, 2.05) is 0 Å². The molecule has 1 saturated heterocycles. The van der Waals surface area contributed by atoms with Crippen molar-refractivity contribution in [3.63, 3.8) is 0 Å². The van der Waals surface area contributed by atoms with Gasteiger partial charge in [0.25, 0.3) is 0 Å². The molecule has 3 aliphatic carbocycles. The summed E-state index contributed by atoms with van der Waals surface area (Å²) in [7, 11) is 0. The second kappa shape index (κ2) is 17.1. The number of aliphatic hydroxyl groups excluding tert-OH is 2. The first-order chi connectivity index (χ1) is 28.2. The van der Waals surface area contributed by atoms with E-state index in [4.69, 9.17) is 33.2 Å². The van der Waals surface area contributed by atoms with E-state index in [-0.39, 0.29) is 36.3 Å². The molecule has 1 aliphatic heterocycles. The van der Waals surface area contributed by atoms with Gasteiger partial charge in [-0.2, -0.15) is 0 Å². The van der Waals surface area contributed by atoms with Crippen molar-refractivity contribution >= 4 is 35.9 Å². The number of Topliss-reactive ketones (excluding diaryl/α,β-unsaturated/α-hetero) is 1. The summed E-state index contributed by atoms with van der Waals surface area (Å²) in [6.45, 7) is 16.4. The lowest BCUT2D eigenvalue weighted by Gasteiger charge is -2.67. The van der Waals surface area contributed by atoms with Crippen LogP contribution >= 0.6 is 0 Å². The van der Waals surface area contributed by atoms with Crippen LogP contribution in [0.25, 0.3) is 0 Å². The predicted octanol–water partition coefficient (Wildman–Crippen LogP) is 4.03. The third-order valence-corrected chi connectivity index (χ3v) is 12.4. The molecule has 1 amide bonds. The Morgan fingerprint density at radius 1 is 1.02 bits per heavy atom. The number of allylic oxidation sites excluding steroid dienone is 1. The number of esters is 3. The largest absolute Gasteiger partial charge is 0.509 e.